The lowest BCUT2D eigenvalue weighted by Crippen LogP contribution is -2.43. The summed E-state index contributed by atoms with van der Waals surface area (Å²) in [4.78, 5) is 25.6. The first-order valence-corrected chi connectivity index (χ1v) is 8.19. The number of halogens is 2. The zero-order chi connectivity index (χ0) is 17.7. The second-order valence-electron chi connectivity index (χ2n) is 6.46. The van der Waals surface area contributed by atoms with E-state index in [2.05, 4.69) is 5.32 Å². The van der Waals surface area contributed by atoms with Crippen molar-refractivity contribution >= 4 is 22.6 Å². The maximum Gasteiger partial charge on any atom is 0.341 e. The van der Waals surface area contributed by atoms with Gasteiger partial charge in [0.2, 0.25) is 5.43 Å². The van der Waals surface area contributed by atoms with Crippen LogP contribution in [0.5, 0.6) is 0 Å². The Morgan fingerprint density at radius 2 is 1.96 bits per heavy atom. The summed E-state index contributed by atoms with van der Waals surface area (Å²) >= 11 is 0. The molecule has 8 heteroatoms. The van der Waals surface area contributed by atoms with Crippen LogP contribution in [0.4, 0.5) is 14.5 Å². The molecule has 0 radical (unpaired) electrons. The van der Waals surface area contributed by atoms with Crippen LogP contribution >= 0.6 is 0 Å². The highest BCUT2D eigenvalue weighted by Gasteiger charge is 2.40. The van der Waals surface area contributed by atoms with E-state index < -0.39 is 35.0 Å². The molecule has 2 fully saturated rings. The fraction of sp³-hybridized carbons (Fsp3) is 0.412. The fourth-order valence-corrected chi connectivity index (χ4v) is 3.37. The number of anilines is 1. The number of carboxylic acid groups (broad SMARTS) is 1. The van der Waals surface area contributed by atoms with Crippen molar-refractivity contribution in [1.82, 2.24) is 9.88 Å². The summed E-state index contributed by atoms with van der Waals surface area (Å²) in [6.45, 7) is 2.68. The number of nitrogens with zero attached hydrogens (tertiary/aromatic N) is 2. The number of carboxylic acids is 1. The summed E-state index contributed by atoms with van der Waals surface area (Å²) in [6, 6.07) is 2.10. The van der Waals surface area contributed by atoms with Gasteiger partial charge in [-0.05, 0) is 12.1 Å². The first-order chi connectivity index (χ1) is 12.0. The molecule has 1 saturated carbocycles. The van der Waals surface area contributed by atoms with Gasteiger partial charge in [-0.15, -0.1) is 0 Å². The van der Waals surface area contributed by atoms with Gasteiger partial charge in [0.15, 0.2) is 0 Å². The molecule has 2 atom stereocenters. The Morgan fingerprint density at radius 3 is 2.56 bits per heavy atom. The molecule has 0 bridgehead atoms. The summed E-state index contributed by atoms with van der Waals surface area (Å²) in [5, 5.41) is 12.4. The van der Waals surface area contributed by atoms with E-state index >= 15 is 0 Å². The van der Waals surface area contributed by atoms with Gasteiger partial charge in [0, 0.05) is 44.2 Å². The molecule has 1 aliphatic heterocycles. The van der Waals surface area contributed by atoms with Gasteiger partial charge in [-0.2, -0.15) is 0 Å². The summed E-state index contributed by atoms with van der Waals surface area (Å²) in [5.41, 5.74) is -0.502. The molecule has 2 aromatic rings. The first-order valence-electron chi connectivity index (χ1n) is 8.19. The molecule has 25 heavy (non-hydrogen) atoms. The molecule has 0 spiro atoms. The van der Waals surface area contributed by atoms with Crippen molar-refractivity contribution in [3.05, 3.63) is 39.9 Å². The second kappa shape index (κ2) is 5.80. The molecule has 1 aromatic carbocycles. The van der Waals surface area contributed by atoms with E-state index in [1.54, 1.807) is 0 Å². The molecule has 2 aliphatic rings. The van der Waals surface area contributed by atoms with E-state index in [0.29, 0.717) is 24.3 Å². The zero-order valence-electron chi connectivity index (χ0n) is 13.3. The van der Waals surface area contributed by atoms with E-state index in [1.165, 1.54) is 16.8 Å². The van der Waals surface area contributed by atoms with Crippen LogP contribution in [0, 0.1) is 5.82 Å². The minimum Gasteiger partial charge on any atom is -0.477 e. The van der Waals surface area contributed by atoms with E-state index in [4.69, 9.17) is 0 Å². The Hall–Kier alpha value is -2.48. The third-order valence-corrected chi connectivity index (χ3v) is 4.83. The van der Waals surface area contributed by atoms with Crippen LogP contribution in [0.1, 0.15) is 22.8 Å². The van der Waals surface area contributed by atoms with Gasteiger partial charge in [-0.25, -0.2) is 13.6 Å². The number of carbonyl (C=O) groups is 1. The first kappa shape index (κ1) is 16.0. The fourth-order valence-electron chi connectivity index (χ4n) is 3.37. The smallest absolute Gasteiger partial charge is 0.341 e. The van der Waals surface area contributed by atoms with Crippen molar-refractivity contribution in [2.75, 3.05) is 31.1 Å². The third-order valence-electron chi connectivity index (χ3n) is 4.83. The highest BCUT2D eigenvalue weighted by atomic mass is 19.1. The Morgan fingerprint density at radius 1 is 1.28 bits per heavy atom. The molecule has 1 saturated heterocycles. The molecular formula is C17H17F2N3O3. The zero-order valence-corrected chi connectivity index (χ0v) is 13.3. The largest absolute Gasteiger partial charge is 0.477 e. The van der Waals surface area contributed by atoms with E-state index in [0.717, 1.165) is 19.2 Å². The summed E-state index contributed by atoms with van der Waals surface area (Å²) in [7, 11) is 0. The quantitative estimate of drug-likeness (QED) is 0.879. The molecule has 0 amide bonds. The minimum atomic E-state index is -1.40. The molecule has 2 unspecified atom stereocenters. The van der Waals surface area contributed by atoms with Crippen LogP contribution in [-0.4, -0.2) is 48.0 Å². The lowest BCUT2D eigenvalue weighted by molar-refractivity contribution is 0.0694. The molecule has 2 N–H and O–H groups in total. The van der Waals surface area contributed by atoms with Gasteiger partial charge in [0.05, 0.1) is 17.2 Å². The van der Waals surface area contributed by atoms with Crippen LogP contribution in [0.15, 0.2) is 23.1 Å². The molecule has 2 heterocycles. The van der Waals surface area contributed by atoms with Crippen molar-refractivity contribution in [3.8, 4) is 0 Å². The van der Waals surface area contributed by atoms with E-state index in [1.807, 2.05) is 4.90 Å². The number of hydrogen-bond acceptors (Lipinski definition) is 4. The average molecular weight is 349 g/mol. The molecule has 4 rings (SSSR count). The standard InChI is InChI=1S/C17H17F2N3O3/c18-11-5-9-13(7-14(11)21-3-1-20-2-4-21)22(15-6-12(15)19)8-10(16(9)23)17(24)25/h5,7-8,12,15,20H,1-4,6H2,(H,24,25). The average Bonchev–Trinajstić information content (AvgIpc) is 3.32. The van der Waals surface area contributed by atoms with Crippen LogP contribution in [-0.2, 0) is 0 Å². The number of aromatic nitrogens is 1. The number of rotatable bonds is 3. The molecule has 1 aliphatic carbocycles. The maximum atomic E-state index is 14.6. The molecule has 1 aromatic heterocycles. The lowest BCUT2D eigenvalue weighted by Gasteiger charge is -2.30. The Balaban J connectivity index is 1.95. The molecule has 132 valence electrons. The minimum absolute atomic E-state index is 0.0321. The van der Waals surface area contributed by atoms with Crippen molar-refractivity contribution < 1.29 is 18.7 Å². The molecule has 6 nitrogen and oxygen atoms in total. The van der Waals surface area contributed by atoms with Gasteiger partial charge in [0.25, 0.3) is 0 Å². The van der Waals surface area contributed by atoms with Crippen LogP contribution in [0.2, 0.25) is 0 Å². The predicted molar refractivity (Wildman–Crippen MR) is 88.8 cm³/mol. The van der Waals surface area contributed by atoms with Crippen LogP contribution in [0.25, 0.3) is 10.9 Å². The van der Waals surface area contributed by atoms with Crippen LogP contribution < -0.4 is 15.6 Å². The predicted octanol–water partition coefficient (Wildman–Crippen LogP) is 1.53. The van der Waals surface area contributed by atoms with Gasteiger partial charge < -0.3 is 19.9 Å². The SMILES string of the molecule is O=C(O)c1cn(C2CC2F)c2cc(N3CCNCC3)c(F)cc2c1=O. The number of alkyl halides is 1. The number of pyridine rings is 1. The summed E-state index contributed by atoms with van der Waals surface area (Å²) < 4.78 is 29.7. The number of fused-ring (bicyclic) bond motifs is 1. The number of hydrogen-bond donors (Lipinski definition) is 2. The van der Waals surface area contributed by atoms with Crippen molar-refractivity contribution in [2.24, 2.45) is 0 Å². The van der Waals surface area contributed by atoms with Gasteiger partial charge in [-0.1, -0.05) is 0 Å². The van der Waals surface area contributed by atoms with Crippen molar-refractivity contribution in [3.63, 3.8) is 0 Å². The number of benzene rings is 1. The maximum absolute atomic E-state index is 14.6. The molecular weight excluding hydrogens is 332 g/mol. The third kappa shape index (κ3) is 2.66. The Labute approximate surface area is 141 Å². The van der Waals surface area contributed by atoms with Gasteiger partial charge in [0.1, 0.15) is 17.6 Å². The lowest BCUT2D eigenvalue weighted by atomic mass is 10.1. The highest BCUT2D eigenvalue weighted by molar-refractivity contribution is 5.93. The van der Waals surface area contributed by atoms with Crippen LogP contribution in [0.3, 0.4) is 0 Å². The number of nitrogens with one attached hydrogen (secondary N) is 1. The number of piperazine rings is 1. The van der Waals surface area contributed by atoms with Gasteiger partial charge >= 0.3 is 5.97 Å². The van der Waals surface area contributed by atoms with Gasteiger partial charge in [-0.3, -0.25) is 4.79 Å². The van der Waals surface area contributed by atoms with Crippen molar-refractivity contribution in [1.29, 1.82) is 0 Å². The van der Waals surface area contributed by atoms with Crippen molar-refractivity contribution in [2.45, 2.75) is 18.6 Å². The summed E-state index contributed by atoms with van der Waals surface area (Å²) in [5.74, 6) is -1.98. The Bertz CT molecular complexity index is 921. The highest BCUT2D eigenvalue weighted by Crippen LogP contribution is 2.41. The number of aromatic carboxylic acids is 1. The monoisotopic (exact) mass is 349 g/mol. The Kier molecular flexibility index (Phi) is 3.72. The summed E-state index contributed by atoms with van der Waals surface area (Å²) in [6.07, 6.45) is 0.355. The topological polar surface area (TPSA) is 74.6 Å². The normalized spacial score (nSPS) is 23.0. The second-order valence-corrected chi connectivity index (χ2v) is 6.46. The van der Waals surface area contributed by atoms with E-state index in [9.17, 15) is 23.5 Å². The van der Waals surface area contributed by atoms with E-state index in [-0.39, 0.29) is 11.8 Å².